The molecule has 5 heteroatoms. The molecule has 1 unspecified atom stereocenters. The average molecular weight is 555 g/mol. The highest BCUT2D eigenvalue weighted by Crippen LogP contribution is 2.44. The third kappa shape index (κ3) is 9.16. The van der Waals surface area contributed by atoms with E-state index >= 15 is 0 Å². The zero-order chi connectivity index (χ0) is 28.3. The topological polar surface area (TPSA) is 65.0 Å². The maximum atomic E-state index is 11.8. The molecule has 1 atom stereocenters. The molecule has 0 aromatic heterocycles. The molecule has 1 saturated heterocycles. The Morgan fingerprint density at radius 2 is 1.52 bits per heavy atom. The van der Waals surface area contributed by atoms with Crippen LogP contribution in [0.3, 0.4) is 0 Å². The second-order valence-electron chi connectivity index (χ2n) is 13.0. The lowest BCUT2D eigenvalue weighted by Crippen LogP contribution is -2.33. The van der Waals surface area contributed by atoms with Crippen molar-refractivity contribution in [2.24, 2.45) is 23.7 Å². The van der Waals surface area contributed by atoms with E-state index in [1.807, 2.05) is 0 Å². The molecule has 4 rings (SSSR count). The lowest BCUT2D eigenvalue weighted by Gasteiger charge is -2.38. The van der Waals surface area contributed by atoms with Gasteiger partial charge in [0.2, 0.25) is 0 Å². The molecule has 5 nitrogen and oxygen atoms in total. The van der Waals surface area contributed by atoms with Gasteiger partial charge in [-0.25, -0.2) is 4.79 Å². The minimum atomic E-state index is -0.374. The van der Waals surface area contributed by atoms with Gasteiger partial charge in [-0.2, -0.15) is 0 Å². The van der Waals surface area contributed by atoms with E-state index in [1.54, 1.807) is 6.92 Å². The van der Waals surface area contributed by atoms with E-state index in [1.165, 1.54) is 75.3 Å². The molecule has 1 aromatic carbocycles. The Kier molecular flexibility index (Phi) is 12.6. The van der Waals surface area contributed by atoms with Gasteiger partial charge < -0.3 is 19.3 Å². The Balaban J connectivity index is 1.19. The van der Waals surface area contributed by atoms with Crippen LogP contribution in [-0.2, 0) is 19.0 Å². The normalized spacial score (nSPS) is 30.0. The summed E-state index contributed by atoms with van der Waals surface area (Å²) in [5, 5.41) is 9.25. The number of carbonyl (C=O) groups is 1. The van der Waals surface area contributed by atoms with Crippen LogP contribution >= 0.6 is 0 Å². The van der Waals surface area contributed by atoms with Crippen LogP contribution in [0.4, 0.5) is 0 Å². The fraction of sp³-hybridized carbons (Fsp3) is 0.743. The van der Waals surface area contributed by atoms with E-state index < -0.39 is 0 Å². The number of benzene rings is 1. The van der Waals surface area contributed by atoms with Crippen LogP contribution < -0.4 is 0 Å². The summed E-state index contributed by atoms with van der Waals surface area (Å²) in [7, 11) is 0. The van der Waals surface area contributed by atoms with E-state index in [4.69, 9.17) is 14.2 Å². The summed E-state index contributed by atoms with van der Waals surface area (Å²) in [5.41, 5.74) is 3.18. The zero-order valence-corrected chi connectivity index (χ0v) is 25.2. The van der Waals surface area contributed by atoms with E-state index in [-0.39, 0.29) is 30.7 Å². The Hall–Kier alpha value is -1.69. The molecule has 1 N–H and O–H groups in total. The molecule has 1 aromatic rings. The summed E-state index contributed by atoms with van der Waals surface area (Å²) >= 11 is 0. The second kappa shape index (κ2) is 16.1. The first-order chi connectivity index (χ1) is 19.5. The van der Waals surface area contributed by atoms with Crippen LogP contribution in [0.1, 0.15) is 120 Å². The van der Waals surface area contributed by atoms with Crippen LogP contribution in [0.25, 0.3) is 0 Å². The van der Waals surface area contributed by atoms with Crippen molar-refractivity contribution in [1.29, 1.82) is 0 Å². The van der Waals surface area contributed by atoms with Crippen molar-refractivity contribution < 1.29 is 24.1 Å². The largest absolute Gasteiger partial charge is 0.462 e. The van der Waals surface area contributed by atoms with Gasteiger partial charge in [0.15, 0.2) is 6.29 Å². The van der Waals surface area contributed by atoms with Gasteiger partial charge in [0, 0.05) is 24.5 Å². The first-order valence-corrected chi connectivity index (χ1v) is 16.2. The Morgan fingerprint density at radius 1 is 0.950 bits per heavy atom. The predicted molar refractivity (Wildman–Crippen MR) is 160 cm³/mol. The van der Waals surface area contributed by atoms with Crippen molar-refractivity contribution >= 4 is 5.97 Å². The number of aliphatic hydroxyl groups excluding tert-OH is 1. The lowest BCUT2D eigenvalue weighted by molar-refractivity contribution is -0.197. The average Bonchev–Trinajstić information content (AvgIpc) is 2.99. The van der Waals surface area contributed by atoms with Gasteiger partial charge in [0.1, 0.15) is 0 Å². The minimum Gasteiger partial charge on any atom is -0.462 e. The lowest BCUT2D eigenvalue weighted by atomic mass is 9.68. The molecule has 3 aliphatic rings. The van der Waals surface area contributed by atoms with Crippen LogP contribution in [0, 0.1) is 23.7 Å². The van der Waals surface area contributed by atoms with E-state index in [0.29, 0.717) is 44.2 Å². The van der Waals surface area contributed by atoms with Crippen molar-refractivity contribution in [3.63, 3.8) is 0 Å². The highest BCUT2D eigenvalue weighted by atomic mass is 16.7. The van der Waals surface area contributed by atoms with Crippen LogP contribution in [-0.4, -0.2) is 43.8 Å². The van der Waals surface area contributed by atoms with Crippen LogP contribution in [0.5, 0.6) is 0 Å². The Bertz CT molecular complexity index is 887. The maximum Gasteiger partial charge on any atom is 0.333 e. The monoisotopic (exact) mass is 554 g/mol. The Morgan fingerprint density at radius 3 is 2.08 bits per heavy atom. The Labute approximate surface area is 243 Å². The van der Waals surface area contributed by atoms with Gasteiger partial charge in [-0.1, -0.05) is 63.5 Å². The van der Waals surface area contributed by atoms with Gasteiger partial charge >= 0.3 is 5.97 Å². The summed E-state index contributed by atoms with van der Waals surface area (Å²) in [6.07, 6.45) is 16.0. The van der Waals surface area contributed by atoms with Gasteiger partial charge in [-0.15, -0.1) is 0 Å². The zero-order valence-electron chi connectivity index (χ0n) is 25.2. The minimum absolute atomic E-state index is 0.0856. The van der Waals surface area contributed by atoms with E-state index in [0.717, 1.165) is 24.2 Å². The van der Waals surface area contributed by atoms with Crippen molar-refractivity contribution in [2.75, 3.05) is 26.4 Å². The first-order valence-electron chi connectivity index (χ1n) is 16.2. The molecule has 2 aliphatic carbocycles. The summed E-state index contributed by atoms with van der Waals surface area (Å²) in [4.78, 5) is 11.8. The summed E-state index contributed by atoms with van der Waals surface area (Å²) in [5.74, 6) is 3.62. The number of carbonyl (C=O) groups excluding carboxylic acids is 1. The molecule has 3 fully saturated rings. The number of esters is 1. The predicted octanol–water partition coefficient (Wildman–Crippen LogP) is 7.92. The molecule has 0 spiro atoms. The number of hydrogen-bond acceptors (Lipinski definition) is 5. The summed E-state index contributed by atoms with van der Waals surface area (Å²) in [6.45, 7) is 9.31. The van der Waals surface area contributed by atoms with Crippen molar-refractivity contribution in [3.8, 4) is 0 Å². The SMILES string of the molecule is C=C(C)C(=O)OCC(CCCO)CC1OCC(c2ccc(C3CCC(C4CCC(CCC)CC4)CC3)cc2)CO1. The van der Waals surface area contributed by atoms with Crippen molar-refractivity contribution in [3.05, 3.63) is 47.5 Å². The standard InChI is InChI=1S/C35H54O5/c1-4-6-26-8-10-28(11-9-26)29-12-14-30(15-13-29)31-16-18-32(19-17-31)33-23-38-34(39-24-33)21-27(7-5-20-36)22-40-35(37)25(2)3/h16-19,26-30,33-34,36H,2,4-15,20-24H2,1,3H3. The molecule has 0 radical (unpaired) electrons. The molecule has 2 saturated carbocycles. The molecular weight excluding hydrogens is 500 g/mol. The van der Waals surface area contributed by atoms with Gasteiger partial charge in [0.25, 0.3) is 0 Å². The fourth-order valence-electron chi connectivity index (χ4n) is 7.43. The molecule has 1 aliphatic heterocycles. The van der Waals surface area contributed by atoms with Crippen molar-refractivity contribution in [2.45, 2.75) is 115 Å². The first kappa shape index (κ1) is 31.3. The van der Waals surface area contributed by atoms with Crippen LogP contribution in [0.15, 0.2) is 36.4 Å². The molecule has 1 heterocycles. The molecule has 224 valence electrons. The number of ether oxygens (including phenoxy) is 3. The number of rotatable bonds is 13. The number of aliphatic hydroxyl groups is 1. The molecule has 0 bridgehead atoms. The summed E-state index contributed by atoms with van der Waals surface area (Å²) < 4.78 is 17.6. The van der Waals surface area contributed by atoms with E-state index in [2.05, 4.69) is 37.8 Å². The third-order valence-electron chi connectivity index (χ3n) is 9.97. The van der Waals surface area contributed by atoms with Crippen LogP contribution in [0.2, 0.25) is 0 Å². The third-order valence-corrected chi connectivity index (χ3v) is 9.97. The quantitative estimate of drug-likeness (QED) is 0.198. The summed E-state index contributed by atoms with van der Waals surface area (Å²) in [6, 6.07) is 9.27. The smallest absolute Gasteiger partial charge is 0.333 e. The fourth-order valence-corrected chi connectivity index (χ4v) is 7.43. The van der Waals surface area contributed by atoms with E-state index in [9.17, 15) is 9.90 Å². The maximum absolute atomic E-state index is 11.8. The molecular formula is C35H54O5. The van der Waals surface area contributed by atoms with Gasteiger partial charge in [-0.3, -0.25) is 0 Å². The highest BCUT2D eigenvalue weighted by molar-refractivity contribution is 5.86. The highest BCUT2D eigenvalue weighted by Gasteiger charge is 2.31. The second-order valence-corrected chi connectivity index (χ2v) is 13.0. The van der Waals surface area contributed by atoms with Gasteiger partial charge in [0.05, 0.1) is 19.8 Å². The molecule has 0 amide bonds. The number of hydrogen-bond donors (Lipinski definition) is 1. The van der Waals surface area contributed by atoms with Crippen molar-refractivity contribution in [1.82, 2.24) is 0 Å². The van der Waals surface area contributed by atoms with Gasteiger partial charge in [-0.05, 0) is 99.0 Å². The molecule has 40 heavy (non-hydrogen) atoms.